The van der Waals surface area contributed by atoms with Crippen molar-refractivity contribution in [3.63, 3.8) is 0 Å². The minimum Gasteiger partial charge on any atom is -0.272 e. The number of alkyl halides is 6. The summed E-state index contributed by atoms with van der Waals surface area (Å²) in [7, 11) is 0. The smallest absolute Gasteiger partial charge is 0.272 e. The first-order valence-electron chi connectivity index (χ1n) is 5.24. The topological polar surface area (TPSA) is 32.7 Å². The summed E-state index contributed by atoms with van der Waals surface area (Å²) in [6.07, 6.45) is -10.2. The summed E-state index contributed by atoms with van der Waals surface area (Å²) in [5.74, 6) is -0.947. The van der Waals surface area contributed by atoms with Crippen molar-refractivity contribution in [1.29, 1.82) is 0 Å². The van der Waals surface area contributed by atoms with Crippen LogP contribution in [-0.2, 0) is 11.0 Å². The van der Waals surface area contributed by atoms with Gasteiger partial charge in [-0.05, 0) is 24.3 Å². The molecule has 9 heteroatoms. The fourth-order valence-corrected chi connectivity index (χ4v) is 1.58. The number of amides is 1. The van der Waals surface area contributed by atoms with Crippen molar-refractivity contribution in [3.8, 4) is 0 Å². The Balaban J connectivity index is 2.29. The quantitative estimate of drug-likeness (QED) is 0.731. The number of halogens is 6. The lowest BCUT2D eigenvalue weighted by Crippen LogP contribution is -2.22. The summed E-state index contributed by atoms with van der Waals surface area (Å²) in [6.45, 7) is 0. The van der Waals surface area contributed by atoms with Gasteiger partial charge in [-0.3, -0.25) is 4.79 Å². The van der Waals surface area contributed by atoms with Crippen molar-refractivity contribution in [2.24, 2.45) is 5.10 Å². The van der Waals surface area contributed by atoms with E-state index in [1.54, 1.807) is 0 Å². The SMILES string of the molecule is O=C1CC(C(F)(F)F)=NN1c1ccc(C(F)(F)F)cc1. The second kappa shape index (κ2) is 4.50. The fourth-order valence-electron chi connectivity index (χ4n) is 1.58. The fraction of sp³-hybridized carbons (Fsp3) is 0.273. The monoisotopic (exact) mass is 296 g/mol. The highest BCUT2D eigenvalue weighted by Gasteiger charge is 2.42. The zero-order valence-electron chi connectivity index (χ0n) is 9.59. The average molecular weight is 296 g/mol. The van der Waals surface area contributed by atoms with Crippen molar-refractivity contribution in [1.82, 2.24) is 0 Å². The van der Waals surface area contributed by atoms with Crippen LogP contribution in [0.5, 0.6) is 0 Å². The van der Waals surface area contributed by atoms with Crippen LogP contribution in [0.25, 0.3) is 0 Å². The molecule has 0 saturated carbocycles. The lowest BCUT2D eigenvalue weighted by molar-refractivity contribution is -0.137. The minimum absolute atomic E-state index is 0.151. The van der Waals surface area contributed by atoms with Crippen molar-refractivity contribution in [3.05, 3.63) is 29.8 Å². The van der Waals surface area contributed by atoms with Crippen molar-refractivity contribution in [2.45, 2.75) is 18.8 Å². The van der Waals surface area contributed by atoms with Crippen LogP contribution in [0.3, 0.4) is 0 Å². The molecule has 1 aliphatic heterocycles. The first kappa shape index (κ1) is 14.4. The zero-order chi connectivity index (χ0) is 15.1. The van der Waals surface area contributed by atoms with E-state index in [-0.39, 0.29) is 5.69 Å². The average Bonchev–Trinajstić information content (AvgIpc) is 2.70. The third-order valence-electron chi connectivity index (χ3n) is 2.54. The van der Waals surface area contributed by atoms with Crippen molar-refractivity contribution in [2.75, 3.05) is 5.01 Å². The highest BCUT2D eigenvalue weighted by Crippen LogP contribution is 2.32. The number of nitrogens with zero attached hydrogens (tertiary/aromatic N) is 2. The maximum Gasteiger partial charge on any atom is 0.431 e. The molecular weight excluding hydrogens is 290 g/mol. The Morgan fingerprint density at radius 2 is 1.50 bits per heavy atom. The predicted octanol–water partition coefficient (Wildman–Crippen LogP) is 3.36. The standard InChI is InChI=1S/C11H6F6N2O/c12-10(13,14)6-1-3-7(4-2-6)19-9(20)5-8(18-19)11(15,16)17/h1-4H,5H2. The molecule has 3 nitrogen and oxygen atoms in total. The molecule has 1 amide bonds. The number of benzene rings is 1. The number of hydrogen-bond acceptors (Lipinski definition) is 2. The van der Waals surface area contributed by atoms with Gasteiger partial charge in [0.05, 0.1) is 17.7 Å². The highest BCUT2D eigenvalue weighted by molar-refractivity contribution is 6.14. The Morgan fingerprint density at radius 3 is 1.90 bits per heavy atom. The molecule has 0 spiro atoms. The number of hydrogen-bond donors (Lipinski definition) is 0. The molecule has 0 bridgehead atoms. The lowest BCUT2D eigenvalue weighted by Gasteiger charge is -2.13. The molecule has 0 aliphatic carbocycles. The molecule has 0 atom stereocenters. The maximum absolute atomic E-state index is 12.4. The van der Waals surface area contributed by atoms with Crippen LogP contribution in [-0.4, -0.2) is 17.8 Å². The van der Waals surface area contributed by atoms with Crippen LogP contribution in [0.2, 0.25) is 0 Å². The molecule has 1 heterocycles. The molecule has 0 radical (unpaired) electrons. The number of hydrazone groups is 1. The van der Waals surface area contributed by atoms with Gasteiger partial charge in [0.1, 0.15) is 0 Å². The van der Waals surface area contributed by atoms with Crippen LogP contribution < -0.4 is 5.01 Å². The maximum atomic E-state index is 12.4. The number of carbonyl (C=O) groups is 1. The van der Waals surface area contributed by atoms with E-state index in [0.717, 1.165) is 12.1 Å². The van der Waals surface area contributed by atoms with E-state index >= 15 is 0 Å². The van der Waals surface area contributed by atoms with Gasteiger partial charge < -0.3 is 0 Å². The third kappa shape index (κ3) is 2.75. The molecule has 1 aromatic rings. The first-order valence-corrected chi connectivity index (χ1v) is 5.24. The van der Waals surface area contributed by atoms with Crippen LogP contribution in [0.1, 0.15) is 12.0 Å². The molecule has 0 saturated heterocycles. The molecule has 0 unspecified atom stereocenters. The molecule has 0 fully saturated rings. The van der Waals surface area contributed by atoms with E-state index in [9.17, 15) is 31.1 Å². The molecule has 1 aliphatic rings. The Morgan fingerprint density at radius 1 is 0.950 bits per heavy atom. The Kier molecular flexibility index (Phi) is 3.23. The van der Waals surface area contributed by atoms with Gasteiger partial charge in [0.2, 0.25) is 0 Å². The summed E-state index contributed by atoms with van der Waals surface area (Å²) in [5, 5.41) is 3.54. The van der Waals surface area contributed by atoms with Gasteiger partial charge in [-0.2, -0.15) is 31.4 Å². The van der Waals surface area contributed by atoms with E-state index in [1.165, 1.54) is 0 Å². The summed E-state index contributed by atoms with van der Waals surface area (Å²) in [5.41, 5.74) is -2.39. The van der Waals surface area contributed by atoms with Crippen molar-refractivity contribution < 1.29 is 31.1 Å². The van der Waals surface area contributed by atoms with Gasteiger partial charge in [-0.15, -0.1) is 0 Å². The Hall–Kier alpha value is -2.06. The van der Waals surface area contributed by atoms with Gasteiger partial charge in [0, 0.05) is 0 Å². The number of anilines is 1. The van der Waals surface area contributed by atoms with E-state index in [1.807, 2.05) is 0 Å². The molecule has 2 rings (SSSR count). The summed E-state index contributed by atoms with van der Waals surface area (Å²) in [6, 6.07) is 3.13. The second-order valence-electron chi connectivity index (χ2n) is 3.97. The third-order valence-corrected chi connectivity index (χ3v) is 2.54. The van der Waals surface area contributed by atoms with E-state index in [4.69, 9.17) is 0 Å². The van der Waals surface area contributed by atoms with Gasteiger partial charge in [-0.25, -0.2) is 5.01 Å². The molecule has 0 aromatic heterocycles. The second-order valence-corrected chi connectivity index (χ2v) is 3.97. The first-order chi connectivity index (χ1) is 9.09. The van der Waals surface area contributed by atoms with Crippen LogP contribution in [0.15, 0.2) is 29.4 Å². The van der Waals surface area contributed by atoms with Gasteiger partial charge >= 0.3 is 12.4 Å². The lowest BCUT2D eigenvalue weighted by atomic mass is 10.2. The van der Waals surface area contributed by atoms with Gasteiger partial charge in [-0.1, -0.05) is 0 Å². The summed E-state index contributed by atoms with van der Waals surface area (Å²) in [4.78, 5) is 11.4. The van der Waals surface area contributed by atoms with Crippen LogP contribution >= 0.6 is 0 Å². The molecule has 1 aromatic carbocycles. The Bertz CT molecular complexity index is 558. The summed E-state index contributed by atoms with van der Waals surface area (Å²) >= 11 is 0. The normalized spacial score (nSPS) is 16.6. The van der Waals surface area contributed by atoms with Gasteiger partial charge in [0.15, 0.2) is 5.71 Å². The van der Waals surface area contributed by atoms with Crippen molar-refractivity contribution >= 4 is 17.3 Å². The number of rotatable bonds is 1. The molecule has 0 N–H and O–H groups in total. The Labute approximate surface area is 108 Å². The van der Waals surface area contributed by atoms with Gasteiger partial charge in [0.25, 0.3) is 5.91 Å². The van der Waals surface area contributed by atoms with E-state index in [2.05, 4.69) is 5.10 Å². The molecule has 20 heavy (non-hydrogen) atoms. The zero-order valence-corrected chi connectivity index (χ0v) is 9.59. The predicted molar refractivity (Wildman–Crippen MR) is 57.0 cm³/mol. The molecular formula is C11H6F6N2O. The van der Waals surface area contributed by atoms with E-state index in [0.29, 0.717) is 17.1 Å². The highest BCUT2D eigenvalue weighted by atomic mass is 19.4. The van der Waals surface area contributed by atoms with Crippen LogP contribution in [0, 0.1) is 0 Å². The molecule has 108 valence electrons. The van der Waals surface area contributed by atoms with Crippen LogP contribution in [0.4, 0.5) is 32.0 Å². The minimum atomic E-state index is -4.74. The number of carbonyl (C=O) groups excluding carboxylic acids is 1. The summed E-state index contributed by atoms with van der Waals surface area (Å²) < 4.78 is 74.2. The van der Waals surface area contributed by atoms with E-state index < -0.39 is 36.0 Å². The largest absolute Gasteiger partial charge is 0.431 e.